The molecule has 0 spiro atoms. The Labute approximate surface area is 95.5 Å². The zero-order valence-electron chi connectivity index (χ0n) is 9.49. The van der Waals surface area contributed by atoms with E-state index in [4.69, 9.17) is 14.2 Å². The van der Waals surface area contributed by atoms with Crippen LogP contribution in [0.4, 0.5) is 0 Å². The van der Waals surface area contributed by atoms with Crippen LogP contribution in [0.3, 0.4) is 0 Å². The Balaban J connectivity index is 1.77. The summed E-state index contributed by atoms with van der Waals surface area (Å²) in [5.41, 5.74) is 1.26. The van der Waals surface area contributed by atoms with E-state index in [0.29, 0.717) is 6.79 Å². The van der Waals surface area contributed by atoms with Crippen molar-refractivity contribution < 1.29 is 14.2 Å². The van der Waals surface area contributed by atoms with Crippen molar-refractivity contribution in [2.45, 2.75) is 6.42 Å². The maximum atomic E-state index is 5.32. The van der Waals surface area contributed by atoms with Crippen molar-refractivity contribution in [3.05, 3.63) is 23.8 Å². The summed E-state index contributed by atoms with van der Waals surface area (Å²) in [5.74, 6) is 1.70. The van der Waals surface area contributed by atoms with Gasteiger partial charge in [0.25, 0.3) is 0 Å². The third-order valence-corrected chi connectivity index (χ3v) is 2.51. The molecule has 1 aliphatic rings. The molecule has 1 aromatic rings. The molecule has 2 rings (SSSR count). The number of benzene rings is 1. The van der Waals surface area contributed by atoms with Crippen LogP contribution in [0.25, 0.3) is 0 Å². The third-order valence-electron chi connectivity index (χ3n) is 2.51. The lowest BCUT2D eigenvalue weighted by molar-refractivity contribution is 0.174. The van der Waals surface area contributed by atoms with Crippen molar-refractivity contribution in [2.75, 3.05) is 33.6 Å². The smallest absolute Gasteiger partial charge is 0.231 e. The van der Waals surface area contributed by atoms with Gasteiger partial charge in [-0.1, -0.05) is 6.07 Å². The van der Waals surface area contributed by atoms with Gasteiger partial charge in [0.15, 0.2) is 11.5 Å². The highest BCUT2D eigenvalue weighted by Gasteiger charge is 2.12. The lowest BCUT2D eigenvalue weighted by Gasteiger charge is -2.05. The van der Waals surface area contributed by atoms with Crippen molar-refractivity contribution >= 4 is 0 Å². The minimum atomic E-state index is 0.338. The summed E-state index contributed by atoms with van der Waals surface area (Å²) in [7, 11) is 1.71. The topological polar surface area (TPSA) is 39.7 Å². The second-order valence-corrected chi connectivity index (χ2v) is 3.68. The number of ether oxygens (including phenoxy) is 3. The Bertz CT molecular complexity index is 341. The van der Waals surface area contributed by atoms with Crippen LogP contribution >= 0.6 is 0 Å². The van der Waals surface area contributed by atoms with Crippen LogP contribution in [0.1, 0.15) is 5.56 Å². The SMILES string of the molecule is COCCNCCc1ccc2c(c1)OCO2. The number of methoxy groups -OCH3 is 1. The molecule has 1 N–H and O–H groups in total. The van der Waals surface area contributed by atoms with E-state index in [1.54, 1.807) is 7.11 Å². The van der Waals surface area contributed by atoms with Gasteiger partial charge in [-0.3, -0.25) is 0 Å². The van der Waals surface area contributed by atoms with Crippen LogP contribution < -0.4 is 14.8 Å². The van der Waals surface area contributed by atoms with Gasteiger partial charge >= 0.3 is 0 Å². The van der Waals surface area contributed by atoms with Gasteiger partial charge < -0.3 is 19.5 Å². The lowest BCUT2D eigenvalue weighted by atomic mass is 10.1. The number of fused-ring (bicyclic) bond motifs is 1. The quantitative estimate of drug-likeness (QED) is 0.735. The molecule has 0 atom stereocenters. The summed E-state index contributed by atoms with van der Waals surface area (Å²) in [6, 6.07) is 6.08. The lowest BCUT2D eigenvalue weighted by Crippen LogP contribution is -2.21. The van der Waals surface area contributed by atoms with E-state index < -0.39 is 0 Å². The fourth-order valence-corrected chi connectivity index (χ4v) is 1.63. The van der Waals surface area contributed by atoms with Crippen LogP contribution in [-0.4, -0.2) is 33.6 Å². The Morgan fingerprint density at radius 2 is 2.12 bits per heavy atom. The largest absolute Gasteiger partial charge is 0.454 e. The first-order valence-electron chi connectivity index (χ1n) is 5.48. The summed E-state index contributed by atoms with van der Waals surface area (Å²) < 4.78 is 15.5. The summed E-state index contributed by atoms with van der Waals surface area (Å²) in [6.45, 7) is 2.93. The maximum absolute atomic E-state index is 5.32. The van der Waals surface area contributed by atoms with Crippen LogP contribution in [0.15, 0.2) is 18.2 Å². The van der Waals surface area contributed by atoms with Crippen molar-refractivity contribution in [2.24, 2.45) is 0 Å². The van der Waals surface area contributed by atoms with Gasteiger partial charge in [-0.05, 0) is 30.7 Å². The number of hydrogen-bond acceptors (Lipinski definition) is 4. The Morgan fingerprint density at radius 1 is 1.25 bits per heavy atom. The van der Waals surface area contributed by atoms with Crippen molar-refractivity contribution in [3.63, 3.8) is 0 Å². The van der Waals surface area contributed by atoms with Gasteiger partial charge in [-0.15, -0.1) is 0 Å². The van der Waals surface area contributed by atoms with Gasteiger partial charge in [-0.2, -0.15) is 0 Å². The molecule has 88 valence electrons. The maximum Gasteiger partial charge on any atom is 0.231 e. The summed E-state index contributed by atoms with van der Waals surface area (Å²) in [6.07, 6.45) is 0.986. The molecule has 1 aromatic carbocycles. The standard InChI is InChI=1S/C12H17NO3/c1-14-7-6-13-5-4-10-2-3-11-12(8-10)16-9-15-11/h2-3,8,13H,4-7,9H2,1H3. The summed E-state index contributed by atoms with van der Waals surface area (Å²) in [5, 5.41) is 3.31. The molecule has 0 saturated heterocycles. The van der Waals surface area contributed by atoms with Crippen molar-refractivity contribution in [3.8, 4) is 11.5 Å². The predicted octanol–water partition coefficient (Wildman–Crippen LogP) is 1.19. The predicted molar refractivity (Wildman–Crippen MR) is 61.0 cm³/mol. The van der Waals surface area contributed by atoms with E-state index in [1.807, 2.05) is 12.1 Å². The van der Waals surface area contributed by atoms with Crippen LogP contribution in [0.5, 0.6) is 11.5 Å². The molecule has 0 bridgehead atoms. The monoisotopic (exact) mass is 223 g/mol. The molecule has 0 saturated carbocycles. The second kappa shape index (κ2) is 5.72. The van der Waals surface area contributed by atoms with E-state index in [2.05, 4.69) is 11.4 Å². The highest BCUT2D eigenvalue weighted by molar-refractivity contribution is 5.44. The van der Waals surface area contributed by atoms with Gasteiger partial charge in [0.2, 0.25) is 6.79 Å². The summed E-state index contributed by atoms with van der Waals surface area (Å²) >= 11 is 0. The first kappa shape index (κ1) is 11.2. The Morgan fingerprint density at radius 3 is 3.00 bits per heavy atom. The van der Waals surface area contributed by atoms with E-state index in [1.165, 1.54) is 5.56 Å². The van der Waals surface area contributed by atoms with Crippen LogP contribution in [0, 0.1) is 0 Å². The molecule has 0 amide bonds. The number of hydrogen-bond donors (Lipinski definition) is 1. The number of nitrogens with one attached hydrogen (secondary N) is 1. The van der Waals surface area contributed by atoms with E-state index in [0.717, 1.165) is 37.6 Å². The minimum absolute atomic E-state index is 0.338. The van der Waals surface area contributed by atoms with E-state index in [9.17, 15) is 0 Å². The van der Waals surface area contributed by atoms with E-state index >= 15 is 0 Å². The molecule has 1 aliphatic heterocycles. The van der Waals surface area contributed by atoms with Gasteiger partial charge in [-0.25, -0.2) is 0 Å². The molecule has 0 unspecified atom stereocenters. The zero-order valence-corrected chi connectivity index (χ0v) is 9.49. The zero-order chi connectivity index (χ0) is 11.2. The van der Waals surface area contributed by atoms with Gasteiger partial charge in [0.05, 0.1) is 6.61 Å². The van der Waals surface area contributed by atoms with Crippen molar-refractivity contribution in [1.29, 1.82) is 0 Å². The first-order valence-corrected chi connectivity index (χ1v) is 5.48. The molecule has 16 heavy (non-hydrogen) atoms. The van der Waals surface area contributed by atoms with E-state index in [-0.39, 0.29) is 0 Å². The molecule has 4 heteroatoms. The van der Waals surface area contributed by atoms with Crippen molar-refractivity contribution in [1.82, 2.24) is 5.32 Å². The van der Waals surface area contributed by atoms with Gasteiger partial charge in [0, 0.05) is 13.7 Å². The molecule has 4 nitrogen and oxygen atoms in total. The highest BCUT2D eigenvalue weighted by atomic mass is 16.7. The number of rotatable bonds is 6. The molecule has 1 heterocycles. The molecule has 0 aliphatic carbocycles. The normalized spacial score (nSPS) is 13.1. The Kier molecular flexibility index (Phi) is 4.02. The second-order valence-electron chi connectivity index (χ2n) is 3.68. The molecule has 0 aromatic heterocycles. The third kappa shape index (κ3) is 2.87. The molecule has 0 fully saturated rings. The van der Waals surface area contributed by atoms with Gasteiger partial charge in [0.1, 0.15) is 0 Å². The fraction of sp³-hybridized carbons (Fsp3) is 0.500. The molecule has 0 radical (unpaired) electrons. The first-order chi connectivity index (χ1) is 7.90. The average Bonchev–Trinajstić information content (AvgIpc) is 2.76. The van der Waals surface area contributed by atoms with Crippen LogP contribution in [0.2, 0.25) is 0 Å². The summed E-state index contributed by atoms with van der Waals surface area (Å²) in [4.78, 5) is 0. The Hall–Kier alpha value is -1.26. The fourth-order valence-electron chi connectivity index (χ4n) is 1.63. The molecular formula is C12H17NO3. The average molecular weight is 223 g/mol. The molecular weight excluding hydrogens is 206 g/mol. The van der Waals surface area contributed by atoms with Crippen LogP contribution in [-0.2, 0) is 11.2 Å². The minimum Gasteiger partial charge on any atom is -0.454 e. The highest BCUT2D eigenvalue weighted by Crippen LogP contribution is 2.32.